The van der Waals surface area contributed by atoms with E-state index in [0.717, 1.165) is 22.5 Å². The third kappa shape index (κ3) is 5.65. The summed E-state index contributed by atoms with van der Waals surface area (Å²) < 4.78 is 0. The van der Waals surface area contributed by atoms with E-state index < -0.39 is 0 Å². The minimum Gasteiger partial charge on any atom is -0.256 e. The molecule has 0 amide bonds. The van der Waals surface area contributed by atoms with Crippen LogP contribution in [0.15, 0.2) is 182 Å². The van der Waals surface area contributed by atoms with Crippen LogP contribution >= 0.6 is 0 Å². The summed E-state index contributed by atoms with van der Waals surface area (Å²) >= 11 is 0. The third-order valence-corrected chi connectivity index (χ3v) is 10.2. The molecule has 9 aromatic rings. The largest absolute Gasteiger partial charge is 0.256 e. The van der Waals surface area contributed by atoms with Gasteiger partial charge in [0.25, 0.3) is 0 Å². The molecule has 0 spiro atoms. The molecular formula is C50H36N2. The normalized spacial score (nSPS) is 11.3. The number of benzene rings is 7. The van der Waals surface area contributed by atoms with Gasteiger partial charge in [0.1, 0.15) is 0 Å². The van der Waals surface area contributed by atoms with Crippen molar-refractivity contribution in [3.63, 3.8) is 0 Å². The van der Waals surface area contributed by atoms with Crippen molar-refractivity contribution in [3.05, 3.63) is 193 Å². The number of hydrogen-bond donors (Lipinski definition) is 0. The lowest BCUT2D eigenvalue weighted by molar-refractivity contribution is 1.31. The van der Waals surface area contributed by atoms with Crippen LogP contribution in [-0.2, 0) is 0 Å². The van der Waals surface area contributed by atoms with Crippen molar-refractivity contribution in [2.24, 2.45) is 0 Å². The summed E-state index contributed by atoms with van der Waals surface area (Å²) in [6.07, 6.45) is 3.72. The predicted molar refractivity (Wildman–Crippen MR) is 219 cm³/mol. The standard InChI is InChI=1S/C50H36N2/c1-33-29-39(22-24-41(33)47-19-8-10-27-51-47)49-43-17-6-7-18-44(43)50(40-23-25-42(34(2)30-40)48-20-9-11-28-52-48)46-32-38(21-26-45(46)49)37-16-12-15-36(31-37)35-13-4-3-5-14-35/h3-32H,1-2H3. The van der Waals surface area contributed by atoms with Gasteiger partial charge in [-0.15, -0.1) is 0 Å². The highest BCUT2D eigenvalue weighted by Crippen LogP contribution is 2.46. The summed E-state index contributed by atoms with van der Waals surface area (Å²) in [5, 5.41) is 4.93. The van der Waals surface area contributed by atoms with E-state index in [1.165, 1.54) is 77.2 Å². The van der Waals surface area contributed by atoms with Crippen LogP contribution in [0.25, 0.3) is 88.6 Å². The van der Waals surface area contributed by atoms with Crippen LogP contribution in [0, 0.1) is 13.8 Å². The molecule has 9 rings (SSSR count). The van der Waals surface area contributed by atoms with Gasteiger partial charge in [-0.05, 0) is 127 Å². The van der Waals surface area contributed by atoms with Gasteiger partial charge < -0.3 is 0 Å². The Morgan fingerprint density at radius 2 is 0.769 bits per heavy atom. The first-order chi connectivity index (χ1) is 25.6. The molecule has 0 bridgehead atoms. The second kappa shape index (κ2) is 13.2. The van der Waals surface area contributed by atoms with Crippen LogP contribution < -0.4 is 0 Å². The molecule has 2 nitrogen and oxygen atoms in total. The molecule has 2 heteroatoms. The van der Waals surface area contributed by atoms with Gasteiger partial charge in [-0.3, -0.25) is 9.97 Å². The number of nitrogens with zero attached hydrogens (tertiary/aromatic N) is 2. The van der Waals surface area contributed by atoms with E-state index in [2.05, 4.69) is 169 Å². The summed E-state index contributed by atoms with van der Waals surface area (Å²) in [4.78, 5) is 9.31. The highest BCUT2D eigenvalue weighted by Gasteiger charge is 2.19. The van der Waals surface area contributed by atoms with Crippen molar-refractivity contribution in [3.8, 4) is 67.0 Å². The Bertz CT molecular complexity index is 2730. The van der Waals surface area contributed by atoms with E-state index in [9.17, 15) is 0 Å². The number of hydrogen-bond acceptors (Lipinski definition) is 2. The number of aromatic nitrogens is 2. The Balaban J connectivity index is 1.30. The average Bonchev–Trinajstić information content (AvgIpc) is 3.20. The van der Waals surface area contributed by atoms with E-state index >= 15 is 0 Å². The SMILES string of the molecule is Cc1cc(-c2c3ccccc3c(-c3ccc(-c4ccccn4)c(C)c3)c3cc(-c4cccc(-c5ccccc5)c4)ccc23)ccc1-c1ccccn1. The first-order valence-corrected chi connectivity index (χ1v) is 17.8. The van der Waals surface area contributed by atoms with Crippen molar-refractivity contribution < 1.29 is 0 Å². The van der Waals surface area contributed by atoms with E-state index in [0.29, 0.717) is 0 Å². The fraction of sp³-hybridized carbons (Fsp3) is 0.0400. The van der Waals surface area contributed by atoms with Crippen molar-refractivity contribution >= 4 is 21.5 Å². The monoisotopic (exact) mass is 664 g/mol. The highest BCUT2D eigenvalue weighted by atomic mass is 14.7. The van der Waals surface area contributed by atoms with E-state index in [-0.39, 0.29) is 0 Å². The number of fused-ring (bicyclic) bond motifs is 2. The number of rotatable bonds is 6. The van der Waals surface area contributed by atoms with Crippen LogP contribution in [0.2, 0.25) is 0 Å². The van der Waals surface area contributed by atoms with Gasteiger partial charge in [-0.2, -0.15) is 0 Å². The predicted octanol–water partition coefficient (Wildman–Crippen LogP) is 13.4. The van der Waals surface area contributed by atoms with Crippen LogP contribution in [0.3, 0.4) is 0 Å². The van der Waals surface area contributed by atoms with Crippen molar-refractivity contribution in [1.29, 1.82) is 0 Å². The molecule has 52 heavy (non-hydrogen) atoms. The second-order valence-corrected chi connectivity index (χ2v) is 13.5. The zero-order chi connectivity index (χ0) is 35.0. The molecule has 246 valence electrons. The van der Waals surface area contributed by atoms with Gasteiger partial charge in [0.15, 0.2) is 0 Å². The van der Waals surface area contributed by atoms with E-state index in [4.69, 9.17) is 0 Å². The van der Waals surface area contributed by atoms with Crippen LogP contribution in [0.4, 0.5) is 0 Å². The number of aryl methyl sites for hydroxylation is 2. The summed E-state index contributed by atoms with van der Waals surface area (Å²) in [6, 6.07) is 61.3. The molecule has 0 N–H and O–H groups in total. The van der Waals surface area contributed by atoms with Crippen molar-refractivity contribution in [2.45, 2.75) is 13.8 Å². The van der Waals surface area contributed by atoms with E-state index in [1.54, 1.807) is 0 Å². The molecule has 0 saturated heterocycles. The van der Waals surface area contributed by atoms with Gasteiger partial charge in [0.2, 0.25) is 0 Å². The van der Waals surface area contributed by atoms with Crippen molar-refractivity contribution in [2.75, 3.05) is 0 Å². The molecule has 0 radical (unpaired) electrons. The molecule has 2 aromatic heterocycles. The second-order valence-electron chi connectivity index (χ2n) is 13.5. The summed E-state index contributed by atoms with van der Waals surface area (Å²) in [6.45, 7) is 4.38. The quantitative estimate of drug-likeness (QED) is 0.165. The molecule has 0 aliphatic carbocycles. The fourth-order valence-electron chi connectivity index (χ4n) is 7.75. The van der Waals surface area contributed by atoms with Crippen LogP contribution in [0.5, 0.6) is 0 Å². The Hall–Kier alpha value is -6.64. The first-order valence-electron chi connectivity index (χ1n) is 17.8. The van der Waals surface area contributed by atoms with E-state index in [1.807, 2.05) is 36.7 Å². The Labute approximate surface area is 304 Å². The molecule has 0 aliphatic rings. The smallest absolute Gasteiger partial charge is 0.0704 e. The fourth-order valence-corrected chi connectivity index (χ4v) is 7.75. The third-order valence-electron chi connectivity index (χ3n) is 10.2. The number of pyridine rings is 2. The van der Waals surface area contributed by atoms with Gasteiger partial charge in [-0.25, -0.2) is 0 Å². The van der Waals surface area contributed by atoms with Gasteiger partial charge >= 0.3 is 0 Å². The summed E-state index contributed by atoms with van der Waals surface area (Å²) in [7, 11) is 0. The molecule has 0 saturated carbocycles. The molecule has 7 aromatic carbocycles. The van der Waals surface area contributed by atoms with Gasteiger partial charge in [-0.1, -0.05) is 133 Å². The molecule has 2 heterocycles. The summed E-state index contributed by atoms with van der Waals surface area (Å²) in [5.41, 5.74) is 16.4. The maximum atomic E-state index is 4.66. The lowest BCUT2D eigenvalue weighted by atomic mass is 9.83. The minimum absolute atomic E-state index is 0.988. The summed E-state index contributed by atoms with van der Waals surface area (Å²) in [5.74, 6) is 0. The van der Waals surface area contributed by atoms with Gasteiger partial charge in [0, 0.05) is 23.5 Å². The minimum atomic E-state index is 0.988. The molecule has 0 unspecified atom stereocenters. The highest BCUT2D eigenvalue weighted by molar-refractivity contribution is 6.22. The zero-order valence-corrected chi connectivity index (χ0v) is 29.2. The maximum Gasteiger partial charge on any atom is 0.0704 e. The molecular weight excluding hydrogens is 629 g/mol. The van der Waals surface area contributed by atoms with Gasteiger partial charge in [0.05, 0.1) is 11.4 Å². The zero-order valence-electron chi connectivity index (χ0n) is 29.2. The average molecular weight is 665 g/mol. The first kappa shape index (κ1) is 31.3. The molecule has 0 aliphatic heterocycles. The Kier molecular flexibility index (Phi) is 7.98. The topological polar surface area (TPSA) is 25.8 Å². The lowest BCUT2D eigenvalue weighted by Gasteiger charge is -2.20. The lowest BCUT2D eigenvalue weighted by Crippen LogP contribution is -1.94. The molecule has 0 fully saturated rings. The Morgan fingerprint density at radius 1 is 0.308 bits per heavy atom. The van der Waals surface area contributed by atoms with Crippen LogP contribution in [0.1, 0.15) is 11.1 Å². The maximum absolute atomic E-state index is 4.66. The van der Waals surface area contributed by atoms with Crippen molar-refractivity contribution in [1.82, 2.24) is 9.97 Å². The Morgan fingerprint density at radius 3 is 1.33 bits per heavy atom. The van der Waals surface area contributed by atoms with Crippen LogP contribution in [-0.4, -0.2) is 9.97 Å². The molecule has 0 atom stereocenters.